The van der Waals surface area contributed by atoms with E-state index in [1.165, 1.54) is 25.8 Å². The Labute approximate surface area is 225 Å². The Morgan fingerprint density at radius 3 is 2.57 bits per heavy atom. The quantitative estimate of drug-likeness (QED) is 0.254. The zero-order chi connectivity index (χ0) is 26.4. The summed E-state index contributed by atoms with van der Waals surface area (Å²) >= 11 is 5.57. The van der Waals surface area contributed by atoms with Crippen molar-refractivity contribution in [1.82, 2.24) is 15.2 Å². The van der Waals surface area contributed by atoms with Crippen LogP contribution in [-0.4, -0.2) is 54.9 Å². The van der Waals surface area contributed by atoms with Crippen LogP contribution in [0.15, 0.2) is 36.5 Å². The standard InChI is InChI=1S/C29H38N4O3S/c1-19-16-26(36-25-10-12-30-24-18-28(35-5)27(34-4)17-22(24)25)20(2)15-23(19)32-29(37)31-11-8-14-33-13-7-6-9-21(33)3/h10,12,15-18,21H,6-9,11,13-14H2,1-5H3,(H2,31,32,37). The van der Waals surface area contributed by atoms with E-state index < -0.39 is 0 Å². The van der Waals surface area contributed by atoms with Gasteiger partial charge in [0.2, 0.25) is 0 Å². The average molecular weight is 523 g/mol. The van der Waals surface area contributed by atoms with Crippen molar-refractivity contribution in [2.24, 2.45) is 0 Å². The van der Waals surface area contributed by atoms with Gasteiger partial charge in [-0.25, -0.2) is 0 Å². The van der Waals surface area contributed by atoms with Crippen molar-refractivity contribution < 1.29 is 14.2 Å². The van der Waals surface area contributed by atoms with Crippen LogP contribution in [0.5, 0.6) is 23.0 Å². The van der Waals surface area contributed by atoms with Gasteiger partial charge in [0.15, 0.2) is 16.6 Å². The van der Waals surface area contributed by atoms with Crippen LogP contribution in [0.1, 0.15) is 43.7 Å². The second kappa shape index (κ2) is 12.4. The predicted octanol–water partition coefficient (Wildman–Crippen LogP) is 6.21. The molecule has 0 radical (unpaired) electrons. The fraction of sp³-hybridized carbons (Fsp3) is 0.448. The topological polar surface area (TPSA) is 67.9 Å². The molecular formula is C29H38N4O3S. The minimum atomic E-state index is 0.631. The first-order valence-corrected chi connectivity index (χ1v) is 13.4. The molecule has 0 saturated carbocycles. The fourth-order valence-electron chi connectivity index (χ4n) is 4.83. The number of thiocarbonyl (C=S) groups is 1. The lowest BCUT2D eigenvalue weighted by atomic mass is 10.0. The number of fused-ring (bicyclic) bond motifs is 1. The molecule has 1 fully saturated rings. The predicted molar refractivity (Wildman–Crippen MR) is 155 cm³/mol. The van der Waals surface area contributed by atoms with Gasteiger partial charge in [0, 0.05) is 42.5 Å². The number of benzene rings is 2. The summed E-state index contributed by atoms with van der Waals surface area (Å²) in [6.07, 6.45) is 6.79. The highest BCUT2D eigenvalue weighted by Gasteiger charge is 2.17. The van der Waals surface area contributed by atoms with Crippen LogP contribution in [0, 0.1) is 13.8 Å². The maximum atomic E-state index is 6.36. The van der Waals surface area contributed by atoms with Crippen molar-refractivity contribution in [2.45, 2.75) is 52.5 Å². The van der Waals surface area contributed by atoms with Crippen molar-refractivity contribution in [3.8, 4) is 23.0 Å². The number of nitrogens with zero attached hydrogens (tertiary/aromatic N) is 2. The Morgan fingerprint density at radius 2 is 1.81 bits per heavy atom. The van der Waals surface area contributed by atoms with E-state index in [-0.39, 0.29) is 0 Å². The first-order chi connectivity index (χ1) is 17.9. The monoisotopic (exact) mass is 522 g/mol. The maximum absolute atomic E-state index is 6.36. The summed E-state index contributed by atoms with van der Waals surface area (Å²) in [5, 5.41) is 8.21. The lowest BCUT2D eigenvalue weighted by Crippen LogP contribution is -2.39. The summed E-state index contributed by atoms with van der Waals surface area (Å²) in [4.78, 5) is 7.06. The van der Waals surface area contributed by atoms with Gasteiger partial charge in [-0.15, -0.1) is 0 Å². The molecular weight excluding hydrogens is 484 g/mol. The fourth-order valence-corrected chi connectivity index (χ4v) is 5.04. The number of aromatic nitrogens is 1. The number of pyridine rings is 1. The number of nitrogens with one attached hydrogen (secondary N) is 2. The van der Waals surface area contributed by atoms with Gasteiger partial charge in [0.05, 0.1) is 19.7 Å². The van der Waals surface area contributed by atoms with Gasteiger partial charge in [-0.1, -0.05) is 6.42 Å². The molecule has 8 heteroatoms. The summed E-state index contributed by atoms with van der Waals surface area (Å²) in [5.41, 5.74) is 3.79. The molecule has 4 rings (SSSR count). The van der Waals surface area contributed by atoms with Crippen molar-refractivity contribution in [3.63, 3.8) is 0 Å². The number of likely N-dealkylation sites (tertiary alicyclic amines) is 1. The molecule has 198 valence electrons. The van der Waals surface area contributed by atoms with Crippen LogP contribution in [0.3, 0.4) is 0 Å². The average Bonchev–Trinajstić information content (AvgIpc) is 2.89. The zero-order valence-corrected chi connectivity index (χ0v) is 23.3. The maximum Gasteiger partial charge on any atom is 0.170 e. The third-order valence-corrected chi connectivity index (χ3v) is 7.29. The van der Waals surface area contributed by atoms with Crippen LogP contribution in [0.2, 0.25) is 0 Å². The highest BCUT2D eigenvalue weighted by atomic mass is 32.1. The summed E-state index contributed by atoms with van der Waals surface area (Å²) in [5.74, 6) is 2.74. The van der Waals surface area contributed by atoms with Crippen molar-refractivity contribution in [3.05, 3.63) is 47.7 Å². The van der Waals surface area contributed by atoms with Gasteiger partial charge in [-0.2, -0.15) is 0 Å². The Morgan fingerprint density at radius 1 is 1.03 bits per heavy atom. The SMILES string of the molecule is COc1cc2nccc(Oc3cc(C)c(NC(=S)NCCCN4CCCCC4C)cc3C)c2cc1OC. The molecule has 0 amide bonds. The second-order valence-electron chi connectivity index (χ2n) is 9.68. The molecule has 2 heterocycles. The van der Waals surface area contributed by atoms with Gasteiger partial charge in [0.1, 0.15) is 11.5 Å². The van der Waals surface area contributed by atoms with E-state index in [0.29, 0.717) is 28.4 Å². The van der Waals surface area contributed by atoms with Gasteiger partial charge >= 0.3 is 0 Å². The van der Waals surface area contributed by atoms with Gasteiger partial charge in [-0.3, -0.25) is 4.98 Å². The molecule has 1 unspecified atom stereocenters. The number of aryl methyl sites for hydroxylation is 2. The summed E-state index contributed by atoms with van der Waals surface area (Å²) in [7, 11) is 3.23. The van der Waals surface area contributed by atoms with E-state index in [4.69, 9.17) is 26.4 Å². The normalized spacial score (nSPS) is 15.9. The van der Waals surface area contributed by atoms with Crippen LogP contribution >= 0.6 is 12.2 Å². The Hall–Kier alpha value is -3.10. The third-order valence-electron chi connectivity index (χ3n) is 7.05. The van der Waals surface area contributed by atoms with E-state index >= 15 is 0 Å². The molecule has 1 saturated heterocycles. The Balaban J connectivity index is 1.39. The first kappa shape index (κ1) is 26.9. The first-order valence-electron chi connectivity index (χ1n) is 13.0. The van der Waals surface area contributed by atoms with Gasteiger partial charge < -0.3 is 29.7 Å². The largest absolute Gasteiger partial charge is 0.493 e. The van der Waals surface area contributed by atoms with Crippen molar-refractivity contribution in [2.75, 3.05) is 39.2 Å². The number of anilines is 1. The molecule has 1 aromatic heterocycles. The molecule has 3 aromatic rings. The van der Waals surface area contributed by atoms with Crippen LogP contribution in [-0.2, 0) is 0 Å². The molecule has 2 N–H and O–H groups in total. The minimum Gasteiger partial charge on any atom is -0.493 e. The van der Waals surface area contributed by atoms with Crippen LogP contribution in [0.25, 0.3) is 10.9 Å². The number of hydrogen-bond acceptors (Lipinski definition) is 6. The smallest absolute Gasteiger partial charge is 0.170 e. The number of rotatable bonds is 9. The second-order valence-corrected chi connectivity index (χ2v) is 10.1. The Bertz CT molecular complexity index is 1250. The highest BCUT2D eigenvalue weighted by molar-refractivity contribution is 7.80. The van der Waals surface area contributed by atoms with Crippen LogP contribution in [0.4, 0.5) is 5.69 Å². The molecule has 0 spiro atoms. The summed E-state index contributed by atoms with van der Waals surface area (Å²) < 4.78 is 17.3. The number of ether oxygens (including phenoxy) is 3. The van der Waals surface area contributed by atoms with E-state index in [2.05, 4.69) is 33.5 Å². The summed E-state index contributed by atoms with van der Waals surface area (Å²) in [6, 6.07) is 10.4. The molecule has 37 heavy (non-hydrogen) atoms. The van der Waals surface area contributed by atoms with E-state index in [9.17, 15) is 0 Å². The Kier molecular flexibility index (Phi) is 9.05. The molecule has 1 aliphatic heterocycles. The number of methoxy groups -OCH3 is 2. The minimum absolute atomic E-state index is 0.631. The molecule has 1 aliphatic rings. The van der Waals surface area contributed by atoms with E-state index in [1.54, 1.807) is 20.4 Å². The van der Waals surface area contributed by atoms with Gasteiger partial charge in [-0.05, 0) is 94.2 Å². The van der Waals surface area contributed by atoms with Crippen molar-refractivity contribution in [1.29, 1.82) is 0 Å². The van der Waals surface area contributed by atoms with E-state index in [1.807, 2.05) is 38.1 Å². The number of hydrogen-bond donors (Lipinski definition) is 2. The zero-order valence-electron chi connectivity index (χ0n) is 22.5. The number of piperidine rings is 1. The molecule has 1 atom stereocenters. The summed E-state index contributed by atoms with van der Waals surface area (Å²) in [6.45, 7) is 9.61. The van der Waals surface area contributed by atoms with Crippen molar-refractivity contribution >= 4 is 33.9 Å². The molecule has 2 aromatic carbocycles. The molecule has 0 bridgehead atoms. The van der Waals surface area contributed by atoms with Gasteiger partial charge in [0.25, 0.3) is 0 Å². The highest BCUT2D eigenvalue weighted by Crippen LogP contribution is 2.38. The van der Waals surface area contributed by atoms with E-state index in [0.717, 1.165) is 53.0 Å². The van der Waals surface area contributed by atoms with Crippen LogP contribution < -0.4 is 24.8 Å². The lowest BCUT2D eigenvalue weighted by molar-refractivity contribution is 0.159. The third kappa shape index (κ3) is 6.62. The molecule has 7 nitrogen and oxygen atoms in total. The molecule has 0 aliphatic carbocycles. The lowest BCUT2D eigenvalue weighted by Gasteiger charge is -2.33.